The first-order valence-electron chi connectivity index (χ1n) is 6.05. The molecule has 4 heteroatoms. The van der Waals surface area contributed by atoms with Gasteiger partial charge in [-0.3, -0.25) is 0 Å². The lowest BCUT2D eigenvalue weighted by molar-refractivity contribution is 0.390. The van der Waals surface area contributed by atoms with E-state index in [-0.39, 0.29) is 5.38 Å². The smallest absolute Gasteiger partial charge is 0.145 e. The quantitative estimate of drug-likeness (QED) is 0.681. The fourth-order valence-corrected chi connectivity index (χ4v) is 2.42. The summed E-state index contributed by atoms with van der Waals surface area (Å²) in [7, 11) is 3.17. The maximum atomic E-state index is 6.42. The van der Waals surface area contributed by atoms with E-state index in [0.29, 0.717) is 22.4 Å². The fourth-order valence-electron chi connectivity index (χ4n) is 1.80. The van der Waals surface area contributed by atoms with Crippen molar-refractivity contribution in [3.05, 3.63) is 22.7 Å². The van der Waals surface area contributed by atoms with Crippen molar-refractivity contribution >= 4 is 23.2 Å². The Morgan fingerprint density at radius 2 is 1.78 bits per heavy atom. The van der Waals surface area contributed by atoms with Gasteiger partial charge in [-0.05, 0) is 24.8 Å². The molecule has 1 unspecified atom stereocenters. The zero-order valence-corrected chi connectivity index (χ0v) is 12.8. The zero-order chi connectivity index (χ0) is 13.7. The molecule has 0 aliphatic carbocycles. The average molecular weight is 291 g/mol. The van der Waals surface area contributed by atoms with Gasteiger partial charge in [0.05, 0.1) is 19.6 Å². The van der Waals surface area contributed by atoms with Crippen LogP contribution in [0.2, 0.25) is 5.02 Å². The van der Waals surface area contributed by atoms with Crippen LogP contribution in [0.5, 0.6) is 11.5 Å². The fraction of sp³-hybridized carbons (Fsp3) is 0.571. The number of ether oxygens (including phenoxy) is 2. The summed E-state index contributed by atoms with van der Waals surface area (Å²) in [4.78, 5) is 0. The van der Waals surface area contributed by atoms with Gasteiger partial charge in [-0.1, -0.05) is 31.5 Å². The highest BCUT2D eigenvalue weighted by molar-refractivity contribution is 6.34. The van der Waals surface area contributed by atoms with Crippen molar-refractivity contribution in [3.8, 4) is 11.5 Å². The summed E-state index contributed by atoms with van der Waals surface area (Å²) >= 11 is 12.6. The van der Waals surface area contributed by atoms with Gasteiger partial charge in [0.2, 0.25) is 0 Å². The van der Waals surface area contributed by atoms with E-state index in [4.69, 9.17) is 32.7 Å². The second kappa shape index (κ2) is 7.10. The van der Waals surface area contributed by atoms with Gasteiger partial charge in [-0.2, -0.15) is 0 Å². The van der Waals surface area contributed by atoms with Gasteiger partial charge in [0.1, 0.15) is 16.5 Å². The summed E-state index contributed by atoms with van der Waals surface area (Å²) in [5.74, 6) is 1.84. The molecule has 0 amide bonds. The van der Waals surface area contributed by atoms with Gasteiger partial charge in [0.25, 0.3) is 0 Å². The molecule has 0 saturated heterocycles. The lowest BCUT2D eigenvalue weighted by Gasteiger charge is -2.17. The molecule has 0 bridgehead atoms. The van der Waals surface area contributed by atoms with E-state index in [1.165, 1.54) is 0 Å². The summed E-state index contributed by atoms with van der Waals surface area (Å²) in [5.41, 5.74) is 0.922. The van der Waals surface area contributed by atoms with Crippen molar-refractivity contribution in [3.63, 3.8) is 0 Å². The minimum Gasteiger partial charge on any atom is -0.495 e. The summed E-state index contributed by atoms with van der Waals surface area (Å²) in [6.07, 6.45) is 1.97. The second-order valence-electron chi connectivity index (χ2n) is 4.64. The van der Waals surface area contributed by atoms with Crippen molar-refractivity contribution < 1.29 is 9.47 Å². The van der Waals surface area contributed by atoms with Crippen LogP contribution < -0.4 is 9.47 Å². The van der Waals surface area contributed by atoms with Crippen LogP contribution in [0.1, 0.15) is 37.6 Å². The summed E-state index contributed by atoms with van der Waals surface area (Å²) in [6, 6.07) is 3.74. The molecule has 1 rings (SSSR count). The predicted octanol–water partition coefficient (Wildman–Crippen LogP) is 5.07. The first kappa shape index (κ1) is 15.5. The molecule has 0 aliphatic heterocycles. The lowest BCUT2D eigenvalue weighted by Crippen LogP contribution is -2.00. The summed E-state index contributed by atoms with van der Waals surface area (Å²) < 4.78 is 10.5. The largest absolute Gasteiger partial charge is 0.495 e. The van der Waals surface area contributed by atoms with E-state index >= 15 is 0 Å². The minimum absolute atomic E-state index is 0.0919. The molecule has 2 nitrogen and oxygen atoms in total. The molecule has 0 aliphatic rings. The van der Waals surface area contributed by atoms with Crippen LogP contribution in [-0.2, 0) is 0 Å². The molecular weight excluding hydrogens is 271 g/mol. The van der Waals surface area contributed by atoms with Gasteiger partial charge in [0, 0.05) is 5.56 Å². The van der Waals surface area contributed by atoms with E-state index in [1.807, 2.05) is 12.1 Å². The Morgan fingerprint density at radius 3 is 2.28 bits per heavy atom. The Kier molecular flexibility index (Phi) is 6.10. The van der Waals surface area contributed by atoms with Crippen molar-refractivity contribution in [2.45, 2.75) is 32.1 Å². The first-order valence-corrected chi connectivity index (χ1v) is 6.87. The maximum Gasteiger partial charge on any atom is 0.145 e. The molecule has 0 heterocycles. The van der Waals surface area contributed by atoms with Crippen LogP contribution in [-0.4, -0.2) is 14.2 Å². The van der Waals surface area contributed by atoms with E-state index in [2.05, 4.69) is 13.8 Å². The molecule has 0 saturated carbocycles. The van der Waals surface area contributed by atoms with Crippen molar-refractivity contribution in [2.75, 3.05) is 14.2 Å². The molecule has 0 radical (unpaired) electrons. The van der Waals surface area contributed by atoms with E-state index < -0.39 is 0 Å². The van der Waals surface area contributed by atoms with Gasteiger partial charge >= 0.3 is 0 Å². The molecule has 0 fully saturated rings. The SMILES string of the molecule is COc1ccc(C(Cl)CCC(C)C)c(OC)c1Cl. The number of methoxy groups -OCH3 is 2. The molecule has 18 heavy (non-hydrogen) atoms. The molecule has 1 atom stereocenters. The third-order valence-electron chi connectivity index (χ3n) is 2.85. The number of rotatable bonds is 6. The highest BCUT2D eigenvalue weighted by atomic mass is 35.5. The third-order valence-corrected chi connectivity index (χ3v) is 3.66. The first-order chi connectivity index (χ1) is 8.51. The molecule has 1 aromatic carbocycles. The Bertz CT molecular complexity index is 392. The van der Waals surface area contributed by atoms with Crippen LogP contribution in [0.25, 0.3) is 0 Å². The standard InChI is InChI=1S/C14H20Cl2O2/c1-9(2)5-7-11(15)10-6-8-12(17-3)13(16)14(10)18-4/h6,8-9,11H,5,7H2,1-4H3. The molecule has 0 aromatic heterocycles. The van der Waals surface area contributed by atoms with Crippen LogP contribution in [0, 0.1) is 5.92 Å². The van der Waals surface area contributed by atoms with Gasteiger partial charge in [0.15, 0.2) is 0 Å². The minimum atomic E-state index is -0.0919. The van der Waals surface area contributed by atoms with Crippen LogP contribution in [0.4, 0.5) is 0 Å². The van der Waals surface area contributed by atoms with Gasteiger partial charge in [-0.15, -0.1) is 11.6 Å². The lowest BCUT2D eigenvalue weighted by atomic mass is 10.0. The normalized spacial score (nSPS) is 12.6. The van der Waals surface area contributed by atoms with Crippen LogP contribution in [0.15, 0.2) is 12.1 Å². The monoisotopic (exact) mass is 290 g/mol. The van der Waals surface area contributed by atoms with E-state index in [1.54, 1.807) is 14.2 Å². The molecular formula is C14H20Cl2O2. The highest BCUT2D eigenvalue weighted by Gasteiger charge is 2.19. The average Bonchev–Trinajstić information content (AvgIpc) is 2.35. The molecule has 0 N–H and O–H groups in total. The Morgan fingerprint density at radius 1 is 1.11 bits per heavy atom. The third kappa shape index (κ3) is 3.69. The Hall–Kier alpha value is -0.600. The number of halogens is 2. The van der Waals surface area contributed by atoms with Gasteiger partial charge in [-0.25, -0.2) is 0 Å². The second-order valence-corrected chi connectivity index (χ2v) is 5.55. The van der Waals surface area contributed by atoms with E-state index in [9.17, 15) is 0 Å². The predicted molar refractivity (Wildman–Crippen MR) is 77.2 cm³/mol. The zero-order valence-electron chi connectivity index (χ0n) is 11.3. The molecule has 0 spiro atoms. The molecule has 102 valence electrons. The van der Waals surface area contributed by atoms with Crippen molar-refractivity contribution in [2.24, 2.45) is 5.92 Å². The summed E-state index contributed by atoms with van der Waals surface area (Å²) in [6.45, 7) is 4.36. The number of alkyl halides is 1. The topological polar surface area (TPSA) is 18.5 Å². The number of benzene rings is 1. The van der Waals surface area contributed by atoms with Crippen molar-refractivity contribution in [1.29, 1.82) is 0 Å². The van der Waals surface area contributed by atoms with Crippen LogP contribution in [0.3, 0.4) is 0 Å². The summed E-state index contributed by atoms with van der Waals surface area (Å²) in [5, 5.41) is 0.387. The van der Waals surface area contributed by atoms with E-state index in [0.717, 1.165) is 18.4 Å². The van der Waals surface area contributed by atoms with Crippen LogP contribution >= 0.6 is 23.2 Å². The maximum absolute atomic E-state index is 6.42. The number of hydrogen-bond donors (Lipinski definition) is 0. The number of hydrogen-bond acceptors (Lipinski definition) is 2. The Balaban J connectivity index is 2.97. The van der Waals surface area contributed by atoms with Gasteiger partial charge < -0.3 is 9.47 Å². The molecule has 1 aromatic rings. The Labute approximate surface area is 119 Å². The van der Waals surface area contributed by atoms with Crippen molar-refractivity contribution in [1.82, 2.24) is 0 Å². The highest BCUT2D eigenvalue weighted by Crippen LogP contribution is 2.42.